The second kappa shape index (κ2) is 6.75. The third-order valence-electron chi connectivity index (χ3n) is 3.09. The first kappa shape index (κ1) is 16.1. The summed E-state index contributed by atoms with van der Waals surface area (Å²) in [5.74, 6) is -2.99. The van der Waals surface area contributed by atoms with Crippen LogP contribution in [0.25, 0.3) is 10.8 Å². The Hall–Kier alpha value is -2.81. The zero-order valence-corrected chi connectivity index (χ0v) is 13.0. The maximum absolute atomic E-state index is 13.1. The summed E-state index contributed by atoms with van der Waals surface area (Å²) in [4.78, 5) is 24.2. The minimum atomic E-state index is -1.05. The van der Waals surface area contributed by atoms with Gasteiger partial charge in [-0.25, -0.2) is 13.6 Å². The summed E-state index contributed by atoms with van der Waals surface area (Å²) in [5, 5.41) is 8.26. The van der Waals surface area contributed by atoms with E-state index in [2.05, 4.69) is 10.4 Å². The maximum atomic E-state index is 13.1. The molecule has 24 heavy (non-hydrogen) atoms. The van der Waals surface area contributed by atoms with Gasteiger partial charge in [0, 0.05) is 18.2 Å². The molecular formula is C15H11F2N3O3S. The lowest BCUT2D eigenvalue weighted by Crippen LogP contribution is -2.21. The highest BCUT2D eigenvalue weighted by Crippen LogP contribution is 2.21. The van der Waals surface area contributed by atoms with Crippen molar-refractivity contribution in [1.82, 2.24) is 9.78 Å². The van der Waals surface area contributed by atoms with Crippen molar-refractivity contribution in [3.63, 3.8) is 0 Å². The molecule has 0 saturated heterocycles. The standard InChI is InChI=1S/C15H11F2N3O3S/c16-10-4-3-9(8-11(10)17)18-13(21)5-6-20-15(22)23-14(19-20)12-2-1-7-24-12/h1-4,7-8H,5-6H2,(H,18,21). The van der Waals surface area contributed by atoms with Crippen LogP contribution in [0, 0.1) is 11.6 Å². The van der Waals surface area contributed by atoms with Crippen molar-refractivity contribution in [3.05, 3.63) is 57.9 Å². The summed E-state index contributed by atoms with van der Waals surface area (Å²) in [6.45, 7) is 0.00319. The maximum Gasteiger partial charge on any atom is 0.437 e. The fraction of sp³-hybridized carbons (Fsp3) is 0.133. The molecule has 0 spiro atoms. The molecule has 0 atom stereocenters. The Bertz CT molecular complexity index is 918. The van der Waals surface area contributed by atoms with Crippen molar-refractivity contribution < 1.29 is 18.0 Å². The third kappa shape index (κ3) is 3.57. The molecule has 2 aromatic heterocycles. The van der Waals surface area contributed by atoms with Gasteiger partial charge in [-0.1, -0.05) is 6.07 Å². The van der Waals surface area contributed by atoms with E-state index in [0.717, 1.165) is 16.8 Å². The van der Waals surface area contributed by atoms with Gasteiger partial charge in [0.25, 0.3) is 5.89 Å². The Morgan fingerprint density at radius 1 is 1.29 bits per heavy atom. The summed E-state index contributed by atoms with van der Waals surface area (Å²) in [6, 6.07) is 6.60. The van der Waals surface area contributed by atoms with Crippen LogP contribution in [0.4, 0.5) is 14.5 Å². The van der Waals surface area contributed by atoms with Gasteiger partial charge in [0.15, 0.2) is 11.6 Å². The number of aryl methyl sites for hydroxylation is 1. The van der Waals surface area contributed by atoms with Crippen molar-refractivity contribution in [2.24, 2.45) is 0 Å². The largest absolute Gasteiger partial charge is 0.437 e. The van der Waals surface area contributed by atoms with Gasteiger partial charge in [0.05, 0.1) is 11.4 Å². The lowest BCUT2D eigenvalue weighted by atomic mass is 10.3. The summed E-state index contributed by atoms with van der Waals surface area (Å²) in [5.41, 5.74) is 0.130. The number of anilines is 1. The zero-order chi connectivity index (χ0) is 17.1. The number of amides is 1. The van der Waals surface area contributed by atoms with E-state index < -0.39 is 23.3 Å². The van der Waals surface area contributed by atoms with Gasteiger partial charge < -0.3 is 9.73 Å². The number of nitrogens with zero attached hydrogens (tertiary/aromatic N) is 2. The topological polar surface area (TPSA) is 77.1 Å². The lowest BCUT2D eigenvalue weighted by Gasteiger charge is -2.05. The van der Waals surface area contributed by atoms with Crippen molar-refractivity contribution in [1.29, 1.82) is 0 Å². The second-order valence-electron chi connectivity index (χ2n) is 4.80. The minimum absolute atomic E-state index is 0.00319. The van der Waals surface area contributed by atoms with Crippen LogP contribution in [-0.4, -0.2) is 15.7 Å². The Kier molecular flexibility index (Phi) is 4.52. The Morgan fingerprint density at radius 2 is 2.12 bits per heavy atom. The average molecular weight is 351 g/mol. The molecule has 6 nitrogen and oxygen atoms in total. The van der Waals surface area contributed by atoms with Crippen LogP contribution >= 0.6 is 11.3 Å². The van der Waals surface area contributed by atoms with Gasteiger partial charge in [0.1, 0.15) is 0 Å². The molecule has 0 unspecified atom stereocenters. The summed E-state index contributed by atoms with van der Waals surface area (Å²) >= 11 is 1.37. The van der Waals surface area contributed by atoms with Crippen LogP contribution in [0.15, 0.2) is 44.9 Å². The number of thiophene rings is 1. The number of hydrogen-bond donors (Lipinski definition) is 1. The number of nitrogens with one attached hydrogen (secondary N) is 1. The number of carbonyl (C=O) groups is 1. The fourth-order valence-electron chi connectivity index (χ4n) is 1.95. The quantitative estimate of drug-likeness (QED) is 0.767. The van der Waals surface area contributed by atoms with Gasteiger partial charge in [0.2, 0.25) is 5.91 Å². The number of carbonyl (C=O) groups excluding carboxylic acids is 1. The van der Waals surface area contributed by atoms with E-state index in [4.69, 9.17) is 4.42 Å². The predicted octanol–water partition coefficient (Wildman–Crippen LogP) is 2.87. The highest BCUT2D eigenvalue weighted by Gasteiger charge is 2.13. The molecule has 0 radical (unpaired) electrons. The normalized spacial score (nSPS) is 10.8. The summed E-state index contributed by atoms with van der Waals surface area (Å²) in [6.07, 6.45) is -0.0741. The molecule has 3 rings (SSSR count). The van der Waals surface area contributed by atoms with Crippen LogP contribution in [0.1, 0.15) is 6.42 Å². The van der Waals surface area contributed by atoms with Crippen molar-refractivity contribution in [3.8, 4) is 10.8 Å². The second-order valence-corrected chi connectivity index (χ2v) is 5.75. The van der Waals surface area contributed by atoms with E-state index in [9.17, 15) is 18.4 Å². The molecule has 9 heteroatoms. The van der Waals surface area contributed by atoms with Crippen LogP contribution in [0.5, 0.6) is 0 Å². The molecule has 0 aliphatic heterocycles. The Morgan fingerprint density at radius 3 is 2.83 bits per heavy atom. The lowest BCUT2D eigenvalue weighted by molar-refractivity contribution is -0.116. The molecule has 0 saturated carbocycles. The SMILES string of the molecule is O=C(CCn1nc(-c2cccs2)oc1=O)Nc1ccc(F)c(F)c1. The summed E-state index contributed by atoms with van der Waals surface area (Å²) < 4.78 is 32.0. The van der Waals surface area contributed by atoms with E-state index in [-0.39, 0.29) is 24.5 Å². The number of hydrogen-bond acceptors (Lipinski definition) is 5. The first-order valence-electron chi connectivity index (χ1n) is 6.89. The molecule has 124 valence electrons. The van der Waals surface area contributed by atoms with Crippen molar-refractivity contribution in [2.75, 3.05) is 5.32 Å². The van der Waals surface area contributed by atoms with E-state index in [1.54, 1.807) is 12.1 Å². The molecule has 1 aromatic carbocycles. The molecule has 0 bridgehead atoms. The van der Waals surface area contributed by atoms with Crippen LogP contribution in [0.2, 0.25) is 0 Å². The predicted molar refractivity (Wildman–Crippen MR) is 83.7 cm³/mol. The molecule has 1 amide bonds. The van der Waals surface area contributed by atoms with Gasteiger partial charge in [-0.05, 0) is 23.6 Å². The zero-order valence-electron chi connectivity index (χ0n) is 12.2. The smallest absolute Gasteiger partial charge is 0.387 e. The monoisotopic (exact) mass is 351 g/mol. The van der Waals surface area contributed by atoms with Gasteiger partial charge in [-0.15, -0.1) is 16.4 Å². The highest BCUT2D eigenvalue weighted by molar-refractivity contribution is 7.13. The number of halogens is 2. The van der Waals surface area contributed by atoms with E-state index in [0.29, 0.717) is 4.88 Å². The van der Waals surface area contributed by atoms with Gasteiger partial charge >= 0.3 is 5.76 Å². The average Bonchev–Trinajstić information content (AvgIpc) is 3.18. The van der Waals surface area contributed by atoms with Crippen LogP contribution in [-0.2, 0) is 11.3 Å². The Balaban J connectivity index is 1.62. The Labute approximate surface area is 138 Å². The van der Waals surface area contributed by atoms with Gasteiger partial charge in [-0.2, -0.15) is 4.68 Å². The molecular weight excluding hydrogens is 340 g/mol. The number of rotatable bonds is 5. The first-order chi connectivity index (χ1) is 11.5. The van der Waals surface area contributed by atoms with Crippen molar-refractivity contribution in [2.45, 2.75) is 13.0 Å². The summed E-state index contributed by atoms with van der Waals surface area (Å²) in [7, 11) is 0. The van der Waals surface area contributed by atoms with Crippen molar-refractivity contribution >= 4 is 22.9 Å². The minimum Gasteiger partial charge on any atom is -0.387 e. The third-order valence-corrected chi connectivity index (χ3v) is 3.95. The van der Waals surface area contributed by atoms with E-state index in [1.165, 1.54) is 17.4 Å². The number of benzene rings is 1. The first-order valence-corrected chi connectivity index (χ1v) is 7.77. The molecule has 0 fully saturated rings. The van der Waals surface area contributed by atoms with E-state index >= 15 is 0 Å². The fourth-order valence-corrected chi connectivity index (χ4v) is 2.60. The molecule has 0 aliphatic rings. The molecule has 3 aromatic rings. The van der Waals surface area contributed by atoms with Crippen LogP contribution < -0.4 is 11.1 Å². The highest BCUT2D eigenvalue weighted by atomic mass is 32.1. The number of aromatic nitrogens is 2. The van der Waals surface area contributed by atoms with E-state index in [1.807, 2.05) is 5.38 Å². The molecule has 1 N–H and O–H groups in total. The molecule has 0 aliphatic carbocycles. The molecule has 2 heterocycles. The van der Waals surface area contributed by atoms with Gasteiger partial charge in [-0.3, -0.25) is 4.79 Å². The van der Waals surface area contributed by atoms with Crippen LogP contribution in [0.3, 0.4) is 0 Å².